The fourth-order valence-corrected chi connectivity index (χ4v) is 4.28. The number of nitrogens with one attached hydrogen (secondary N) is 1. The predicted octanol–water partition coefficient (Wildman–Crippen LogP) is 3.56. The number of amides is 2. The van der Waals surface area contributed by atoms with Crippen LogP contribution in [-0.4, -0.2) is 22.8 Å². The summed E-state index contributed by atoms with van der Waals surface area (Å²) in [6.45, 7) is 1.36. The fraction of sp³-hybridized carbons (Fsp3) is 0.545. The second-order valence-electron chi connectivity index (χ2n) is 8.11. The lowest BCUT2D eigenvalue weighted by molar-refractivity contribution is -0.126. The van der Waals surface area contributed by atoms with Gasteiger partial charge in [-0.05, 0) is 48.6 Å². The molecule has 4 rings (SSSR count). The molecule has 0 radical (unpaired) electrons. The van der Waals surface area contributed by atoms with Crippen LogP contribution in [-0.2, 0) is 22.7 Å². The van der Waals surface area contributed by atoms with Gasteiger partial charge in [0.15, 0.2) is 0 Å². The van der Waals surface area contributed by atoms with Crippen LogP contribution in [0.25, 0.3) is 0 Å². The van der Waals surface area contributed by atoms with E-state index >= 15 is 0 Å². The summed E-state index contributed by atoms with van der Waals surface area (Å²) in [7, 11) is 0. The lowest BCUT2D eigenvalue weighted by Crippen LogP contribution is -2.36. The van der Waals surface area contributed by atoms with Gasteiger partial charge in [-0.25, -0.2) is 0 Å². The number of hydrogen-bond donors (Lipinski definition) is 1. The number of rotatable bonds is 6. The Hall–Kier alpha value is -2.10. The first kappa shape index (κ1) is 17.3. The van der Waals surface area contributed by atoms with Crippen molar-refractivity contribution in [2.75, 3.05) is 0 Å². The normalized spacial score (nSPS) is 21.2. The third-order valence-corrected chi connectivity index (χ3v) is 6.00. The predicted molar refractivity (Wildman–Crippen MR) is 101 cm³/mol. The van der Waals surface area contributed by atoms with E-state index in [4.69, 9.17) is 0 Å². The van der Waals surface area contributed by atoms with E-state index in [0.717, 1.165) is 12.8 Å². The molecule has 1 heterocycles. The fourth-order valence-electron chi connectivity index (χ4n) is 4.28. The highest BCUT2D eigenvalue weighted by Crippen LogP contribution is 2.34. The van der Waals surface area contributed by atoms with Crippen LogP contribution < -0.4 is 5.32 Å². The largest absolute Gasteiger partial charge is 0.350 e. The first-order valence-corrected chi connectivity index (χ1v) is 10.0. The van der Waals surface area contributed by atoms with E-state index in [0.29, 0.717) is 31.3 Å². The van der Waals surface area contributed by atoms with Gasteiger partial charge in [0.25, 0.3) is 0 Å². The highest BCUT2D eigenvalue weighted by atomic mass is 16.2. The van der Waals surface area contributed by atoms with Crippen molar-refractivity contribution < 1.29 is 9.59 Å². The van der Waals surface area contributed by atoms with Crippen molar-refractivity contribution in [3.63, 3.8) is 0 Å². The van der Waals surface area contributed by atoms with Crippen molar-refractivity contribution in [1.82, 2.24) is 10.2 Å². The summed E-state index contributed by atoms with van der Waals surface area (Å²) >= 11 is 0. The minimum Gasteiger partial charge on any atom is -0.350 e. The minimum absolute atomic E-state index is 0.0119. The topological polar surface area (TPSA) is 49.4 Å². The average Bonchev–Trinajstić information content (AvgIpc) is 3.18. The molecule has 2 aliphatic carbocycles. The molecule has 0 saturated heterocycles. The molecule has 4 heteroatoms. The van der Waals surface area contributed by atoms with Gasteiger partial charge in [0.1, 0.15) is 0 Å². The third-order valence-electron chi connectivity index (χ3n) is 6.00. The number of hydrogen-bond acceptors (Lipinski definition) is 2. The Morgan fingerprint density at radius 2 is 1.73 bits per heavy atom. The molecule has 138 valence electrons. The zero-order chi connectivity index (χ0) is 17.9. The second kappa shape index (κ2) is 7.65. The number of carbonyl (C=O) groups is 2. The quantitative estimate of drug-likeness (QED) is 0.796. The number of carbonyl (C=O) groups excluding carboxylic acids is 2. The van der Waals surface area contributed by atoms with Crippen molar-refractivity contribution in [2.45, 2.75) is 64.1 Å². The molecule has 1 N–H and O–H groups in total. The van der Waals surface area contributed by atoms with Gasteiger partial charge >= 0.3 is 0 Å². The van der Waals surface area contributed by atoms with Crippen molar-refractivity contribution >= 4 is 11.8 Å². The second-order valence-corrected chi connectivity index (χ2v) is 8.11. The third kappa shape index (κ3) is 4.17. The zero-order valence-corrected chi connectivity index (χ0v) is 15.3. The Bertz CT molecular complexity index is 677. The lowest BCUT2D eigenvalue weighted by Gasteiger charge is -2.17. The van der Waals surface area contributed by atoms with Gasteiger partial charge in [0.05, 0.1) is 6.04 Å². The summed E-state index contributed by atoms with van der Waals surface area (Å²) in [4.78, 5) is 26.8. The number of fused-ring (bicyclic) bond motifs is 1. The summed E-state index contributed by atoms with van der Waals surface area (Å²) in [6.07, 6.45) is 11.4. The maximum Gasteiger partial charge on any atom is 0.246 e. The van der Waals surface area contributed by atoms with Gasteiger partial charge in [-0.3, -0.25) is 9.59 Å². The molecule has 2 saturated carbocycles. The maximum absolute atomic E-state index is 12.6. The van der Waals surface area contributed by atoms with E-state index in [9.17, 15) is 9.59 Å². The van der Waals surface area contributed by atoms with Gasteiger partial charge in [-0.2, -0.15) is 0 Å². The molecule has 0 aromatic heterocycles. The van der Waals surface area contributed by atoms with E-state index in [1.54, 1.807) is 6.08 Å². The van der Waals surface area contributed by atoms with Crippen LogP contribution in [0.4, 0.5) is 0 Å². The molecule has 2 amide bonds. The number of benzene rings is 1. The minimum atomic E-state index is 0.0119. The Morgan fingerprint density at radius 1 is 1.08 bits per heavy atom. The summed E-state index contributed by atoms with van der Waals surface area (Å²) < 4.78 is 0. The Kier molecular flexibility index (Phi) is 5.09. The SMILES string of the molecule is O=C(CC1CCCC1)NC(C=CC(=O)N1Cc2ccccc2C1)C1CC1. The summed E-state index contributed by atoms with van der Waals surface area (Å²) in [6, 6.07) is 8.22. The van der Waals surface area contributed by atoms with Crippen molar-refractivity contribution in [2.24, 2.45) is 11.8 Å². The molecule has 0 spiro atoms. The molecule has 26 heavy (non-hydrogen) atoms. The van der Waals surface area contributed by atoms with Gasteiger partial charge < -0.3 is 10.2 Å². The summed E-state index contributed by atoms with van der Waals surface area (Å²) in [5, 5.41) is 3.17. The highest BCUT2D eigenvalue weighted by molar-refractivity contribution is 5.88. The molecule has 1 unspecified atom stereocenters. The molecular weight excluding hydrogens is 324 g/mol. The first-order valence-electron chi connectivity index (χ1n) is 10.0. The van der Waals surface area contributed by atoms with Crippen molar-refractivity contribution in [3.8, 4) is 0 Å². The van der Waals surface area contributed by atoms with Crippen molar-refractivity contribution in [3.05, 3.63) is 47.5 Å². The first-order chi connectivity index (χ1) is 12.7. The van der Waals surface area contributed by atoms with E-state index in [1.165, 1.54) is 36.8 Å². The number of nitrogens with zero attached hydrogens (tertiary/aromatic N) is 1. The standard InChI is InChI=1S/C22H28N2O2/c25-21(13-16-5-1-2-6-16)23-20(17-9-10-17)11-12-22(26)24-14-18-7-3-4-8-19(18)15-24/h3-4,7-8,11-12,16-17,20H,1-2,5-6,9-10,13-15H2,(H,23,25). The molecule has 2 fully saturated rings. The molecule has 1 aromatic carbocycles. The van der Waals surface area contributed by atoms with E-state index < -0.39 is 0 Å². The van der Waals surface area contributed by atoms with Crippen LogP contribution in [0.5, 0.6) is 0 Å². The van der Waals surface area contributed by atoms with Crippen LogP contribution in [0.1, 0.15) is 56.1 Å². The molecule has 1 aromatic rings. The van der Waals surface area contributed by atoms with E-state index in [-0.39, 0.29) is 17.9 Å². The average molecular weight is 352 g/mol. The van der Waals surface area contributed by atoms with Crippen LogP contribution in [0.2, 0.25) is 0 Å². The van der Waals surface area contributed by atoms with Crippen LogP contribution in [0.3, 0.4) is 0 Å². The van der Waals surface area contributed by atoms with Crippen molar-refractivity contribution in [1.29, 1.82) is 0 Å². The summed E-state index contributed by atoms with van der Waals surface area (Å²) in [5.41, 5.74) is 2.47. The molecule has 4 nitrogen and oxygen atoms in total. The Balaban J connectivity index is 1.31. The van der Waals surface area contributed by atoms with E-state index in [1.807, 2.05) is 23.1 Å². The van der Waals surface area contributed by atoms with Crippen LogP contribution in [0.15, 0.2) is 36.4 Å². The molecule has 3 aliphatic rings. The monoisotopic (exact) mass is 352 g/mol. The highest BCUT2D eigenvalue weighted by Gasteiger charge is 2.31. The molecular formula is C22H28N2O2. The van der Waals surface area contributed by atoms with E-state index in [2.05, 4.69) is 17.4 Å². The molecule has 1 aliphatic heterocycles. The van der Waals surface area contributed by atoms with Crippen LogP contribution in [0, 0.1) is 11.8 Å². The van der Waals surface area contributed by atoms with Gasteiger partial charge in [0, 0.05) is 25.6 Å². The maximum atomic E-state index is 12.6. The zero-order valence-electron chi connectivity index (χ0n) is 15.3. The molecule has 0 bridgehead atoms. The Labute approximate surface area is 155 Å². The Morgan fingerprint density at radius 3 is 2.35 bits per heavy atom. The van der Waals surface area contributed by atoms with Gasteiger partial charge in [-0.15, -0.1) is 0 Å². The lowest BCUT2D eigenvalue weighted by atomic mass is 10.0. The van der Waals surface area contributed by atoms with Crippen LogP contribution >= 0.6 is 0 Å². The van der Waals surface area contributed by atoms with Gasteiger partial charge in [0.2, 0.25) is 11.8 Å². The molecule has 1 atom stereocenters. The summed E-state index contributed by atoms with van der Waals surface area (Å²) in [5.74, 6) is 1.25. The van der Waals surface area contributed by atoms with Gasteiger partial charge in [-0.1, -0.05) is 43.2 Å². The smallest absolute Gasteiger partial charge is 0.246 e.